The summed E-state index contributed by atoms with van der Waals surface area (Å²) in [5.41, 5.74) is -1.40. The van der Waals surface area contributed by atoms with Gasteiger partial charge in [-0.2, -0.15) is 13.2 Å². The van der Waals surface area contributed by atoms with Crippen LogP contribution in [0.15, 0.2) is 60.9 Å². The number of hydrogen-bond acceptors (Lipinski definition) is 4. The maximum absolute atomic E-state index is 13.0. The van der Waals surface area contributed by atoms with E-state index in [1.807, 2.05) is 0 Å². The van der Waals surface area contributed by atoms with Gasteiger partial charge in [0, 0.05) is 25.0 Å². The second-order valence-electron chi connectivity index (χ2n) is 7.48. The van der Waals surface area contributed by atoms with Gasteiger partial charge in [-0.25, -0.2) is 9.78 Å². The first kappa shape index (κ1) is 22.1. The third-order valence-electron chi connectivity index (χ3n) is 5.35. The Morgan fingerprint density at radius 1 is 1.12 bits per heavy atom. The van der Waals surface area contributed by atoms with E-state index in [9.17, 15) is 27.6 Å². The minimum absolute atomic E-state index is 0.192. The molecule has 1 aliphatic heterocycles. The number of carbonyl (C=O) groups is 3. The fourth-order valence-corrected chi connectivity index (χ4v) is 3.71. The van der Waals surface area contributed by atoms with Crippen LogP contribution in [-0.2, 0) is 23.6 Å². The van der Waals surface area contributed by atoms with Crippen LogP contribution in [-0.4, -0.2) is 33.9 Å². The second kappa shape index (κ2) is 8.08. The van der Waals surface area contributed by atoms with Crippen LogP contribution in [0.4, 0.5) is 18.0 Å². The van der Waals surface area contributed by atoms with Gasteiger partial charge in [0.25, 0.3) is 11.8 Å². The van der Waals surface area contributed by atoms with Crippen LogP contribution in [0.25, 0.3) is 11.1 Å². The van der Waals surface area contributed by atoms with Gasteiger partial charge in [0.15, 0.2) is 5.54 Å². The number of halogens is 3. The van der Waals surface area contributed by atoms with Crippen molar-refractivity contribution < 1.29 is 27.6 Å². The molecule has 2 aromatic carbocycles. The summed E-state index contributed by atoms with van der Waals surface area (Å²) in [5, 5.41) is 7.33. The first-order valence-electron chi connectivity index (χ1n) is 9.78. The molecule has 2 heterocycles. The number of benzene rings is 2. The van der Waals surface area contributed by atoms with E-state index in [1.165, 1.54) is 24.4 Å². The average Bonchev–Trinajstić information content (AvgIpc) is 3.34. The fraction of sp³-hybridized carbons (Fsp3) is 0.182. The molecule has 1 fully saturated rings. The van der Waals surface area contributed by atoms with Gasteiger partial charge in [-0.3, -0.25) is 14.9 Å². The quantitative estimate of drug-likeness (QED) is 0.512. The Morgan fingerprint density at radius 2 is 1.82 bits per heavy atom. The van der Waals surface area contributed by atoms with Crippen LogP contribution in [0.2, 0.25) is 0 Å². The number of nitrogens with one attached hydrogen (secondary N) is 3. The molecule has 0 saturated carbocycles. The first-order chi connectivity index (χ1) is 15.6. The number of nitrogens with zero attached hydrogens (tertiary/aromatic N) is 2. The standard InChI is InChI=1S/C22H18F3N5O3/c1-30-11-10-26-18(30)21(19(32)28-20(33)29-21)12-27-17(31)16-5-3-2-4-15(16)13-6-8-14(9-7-13)22(23,24)25/h2-11H,12H2,1H3,(H,27,31)(H2,28,29,32,33). The summed E-state index contributed by atoms with van der Waals surface area (Å²) in [6.45, 7) is -0.296. The highest BCUT2D eigenvalue weighted by Crippen LogP contribution is 2.32. The minimum Gasteiger partial charge on any atom is -0.349 e. The Bertz CT molecular complexity index is 1240. The molecule has 0 bridgehead atoms. The number of imide groups is 1. The molecular formula is C22H18F3N5O3. The van der Waals surface area contributed by atoms with Crippen molar-refractivity contribution in [3.05, 3.63) is 77.9 Å². The van der Waals surface area contributed by atoms with Crippen molar-refractivity contribution in [3.8, 4) is 11.1 Å². The Balaban J connectivity index is 1.61. The van der Waals surface area contributed by atoms with Crippen LogP contribution < -0.4 is 16.0 Å². The van der Waals surface area contributed by atoms with E-state index in [0.29, 0.717) is 11.1 Å². The molecule has 8 nitrogen and oxygen atoms in total. The van der Waals surface area contributed by atoms with E-state index < -0.39 is 35.1 Å². The highest BCUT2D eigenvalue weighted by molar-refractivity contribution is 6.08. The van der Waals surface area contributed by atoms with Gasteiger partial charge >= 0.3 is 12.2 Å². The van der Waals surface area contributed by atoms with Crippen molar-refractivity contribution in [1.29, 1.82) is 0 Å². The Labute approximate surface area is 185 Å². The zero-order valence-corrected chi connectivity index (χ0v) is 17.2. The number of alkyl halides is 3. The molecule has 1 unspecified atom stereocenters. The summed E-state index contributed by atoms with van der Waals surface area (Å²) < 4.78 is 40.2. The normalized spacial score (nSPS) is 18.1. The van der Waals surface area contributed by atoms with Gasteiger partial charge in [0.1, 0.15) is 5.82 Å². The lowest BCUT2D eigenvalue weighted by Crippen LogP contribution is -2.54. The molecule has 33 heavy (non-hydrogen) atoms. The van der Waals surface area contributed by atoms with Gasteiger partial charge in [0.05, 0.1) is 12.1 Å². The van der Waals surface area contributed by atoms with Crippen molar-refractivity contribution in [2.24, 2.45) is 7.05 Å². The molecule has 11 heteroatoms. The van der Waals surface area contributed by atoms with Gasteiger partial charge in [0.2, 0.25) is 0 Å². The number of carbonyl (C=O) groups excluding carboxylic acids is 3. The zero-order valence-electron chi connectivity index (χ0n) is 17.2. The van der Waals surface area contributed by atoms with Crippen molar-refractivity contribution in [2.45, 2.75) is 11.7 Å². The van der Waals surface area contributed by atoms with Crippen molar-refractivity contribution >= 4 is 17.8 Å². The molecule has 170 valence electrons. The number of aryl methyl sites for hydroxylation is 1. The van der Waals surface area contributed by atoms with Gasteiger partial charge in [-0.15, -0.1) is 0 Å². The number of aromatic nitrogens is 2. The van der Waals surface area contributed by atoms with Crippen molar-refractivity contribution in [2.75, 3.05) is 6.54 Å². The smallest absolute Gasteiger partial charge is 0.349 e. The summed E-state index contributed by atoms with van der Waals surface area (Å²) in [7, 11) is 1.64. The number of rotatable bonds is 5. The van der Waals surface area contributed by atoms with Crippen molar-refractivity contribution in [3.63, 3.8) is 0 Å². The maximum Gasteiger partial charge on any atom is 0.416 e. The van der Waals surface area contributed by atoms with Gasteiger partial charge in [-0.1, -0.05) is 30.3 Å². The molecule has 3 N–H and O–H groups in total. The largest absolute Gasteiger partial charge is 0.416 e. The number of urea groups is 1. The summed E-state index contributed by atoms with van der Waals surface area (Å²) >= 11 is 0. The number of amides is 4. The molecule has 4 amide bonds. The van der Waals surface area contributed by atoms with Crippen molar-refractivity contribution in [1.82, 2.24) is 25.5 Å². The van der Waals surface area contributed by atoms with Crippen LogP contribution in [0.1, 0.15) is 21.7 Å². The topological polar surface area (TPSA) is 105 Å². The van der Waals surface area contributed by atoms with Crippen LogP contribution in [0, 0.1) is 0 Å². The molecule has 1 saturated heterocycles. The third kappa shape index (κ3) is 4.04. The predicted molar refractivity (Wildman–Crippen MR) is 111 cm³/mol. The van der Waals surface area contributed by atoms with E-state index in [2.05, 4.69) is 20.9 Å². The summed E-state index contributed by atoms with van der Waals surface area (Å²) in [5.74, 6) is -1.02. The summed E-state index contributed by atoms with van der Waals surface area (Å²) in [6, 6.07) is 10.1. The van der Waals surface area contributed by atoms with E-state index in [0.717, 1.165) is 12.1 Å². The molecule has 1 aromatic heterocycles. The molecule has 0 aliphatic carbocycles. The zero-order chi connectivity index (χ0) is 23.8. The lowest BCUT2D eigenvalue weighted by atomic mass is 9.96. The lowest BCUT2D eigenvalue weighted by molar-refractivity contribution is -0.137. The molecule has 3 aromatic rings. The molecule has 1 atom stereocenters. The van der Waals surface area contributed by atoms with E-state index in [4.69, 9.17) is 0 Å². The van der Waals surface area contributed by atoms with Gasteiger partial charge in [-0.05, 0) is 29.3 Å². The monoisotopic (exact) mass is 457 g/mol. The van der Waals surface area contributed by atoms with Crippen LogP contribution in [0.5, 0.6) is 0 Å². The molecule has 0 spiro atoms. The van der Waals surface area contributed by atoms with E-state index >= 15 is 0 Å². The Morgan fingerprint density at radius 3 is 2.39 bits per heavy atom. The third-order valence-corrected chi connectivity index (χ3v) is 5.35. The number of imidazole rings is 1. The molecular weight excluding hydrogens is 439 g/mol. The molecule has 4 rings (SSSR count). The molecule has 1 aliphatic rings. The highest BCUT2D eigenvalue weighted by atomic mass is 19.4. The summed E-state index contributed by atoms with van der Waals surface area (Å²) in [4.78, 5) is 41.7. The second-order valence-corrected chi connectivity index (χ2v) is 7.48. The fourth-order valence-electron chi connectivity index (χ4n) is 3.71. The lowest BCUT2D eigenvalue weighted by Gasteiger charge is -2.26. The summed E-state index contributed by atoms with van der Waals surface area (Å²) in [6.07, 6.45) is -1.42. The maximum atomic E-state index is 13.0. The Kier molecular flexibility index (Phi) is 5.40. The average molecular weight is 457 g/mol. The molecule has 0 radical (unpaired) electrons. The van der Waals surface area contributed by atoms with E-state index in [1.54, 1.807) is 36.0 Å². The first-order valence-corrected chi connectivity index (χ1v) is 9.78. The van der Waals surface area contributed by atoms with E-state index in [-0.39, 0.29) is 17.9 Å². The van der Waals surface area contributed by atoms with Crippen LogP contribution in [0.3, 0.4) is 0 Å². The minimum atomic E-state index is -4.47. The number of hydrogen-bond donors (Lipinski definition) is 3. The van der Waals surface area contributed by atoms with Crippen LogP contribution >= 0.6 is 0 Å². The predicted octanol–water partition coefficient (Wildman–Crippen LogP) is 2.57. The Hall–Kier alpha value is -4.15. The SMILES string of the molecule is Cn1ccnc1C1(CNC(=O)c2ccccc2-c2ccc(C(F)(F)F)cc2)NC(=O)NC1=O. The van der Waals surface area contributed by atoms with Gasteiger partial charge < -0.3 is 15.2 Å². The highest BCUT2D eigenvalue weighted by Gasteiger charge is 2.50.